The molecule has 82 valence electrons. The average Bonchev–Trinajstić information content (AvgIpc) is 2.47. The molecular formula is C13H20N2. The summed E-state index contributed by atoms with van der Waals surface area (Å²) >= 11 is 0. The van der Waals surface area contributed by atoms with E-state index < -0.39 is 0 Å². The van der Waals surface area contributed by atoms with Crippen molar-refractivity contribution < 1.29 is 0 Å². The maximum Gasteiger partial charge on any atom is 0.0308 e. The predicted octanol–water partition coefficient (Wildman–Crippen LogP) is 2.00. The topological polar surface area (TPSA) is 29.3 Å². The Morgan fingerprint density at radius 2 is 2.00 bits per heavy atom. The lowest BCUT2D eigenvalue weighted by atomic mass is 9.96. The lowest BCUT2D eigenvalue weighted by Crippen LogP contribution is -2.48. The monoisotopic (exact) mass is 204 g/mol. The minimum absolute atomic E-state index is 0.135. The molecule has 15 heavy (non-hydrogen) atoms. The summed E-state index contributed by atoms with van der Waals surface area (Å²) in [4.78, 5) is 2.48. The van der Waals surface area contributed by atoms with E-state index in [0.29, 0.717) is 6.04 Å². The fourth-order valence-corrected chi connectivity index (χ4v) is 2.26. The van der Waals surface area contributed by atoms with Crippen LogP contribution in [-0.2, 0) is 6.54 Å². The molecule has 1 aliphatic rings. The summed E-state index contributed by atoms with van der Waals surface area (Å²) in [6, 6.07) is 10.9. The molecule has 1 fully saturated rings. The second kappa shape index (κ2) is 3.95. The van der Waals surface area contributed by atoms with Crippen molar-refractivity contribution in [3.05, 3.63) is 35.9 Å². The van der Waals surface area contributed by atoms with Crippen LogP contribution in [0.1, 0.15) is 25.8 Å². The third-order valence-electron chi connectivity index (χ3n) is 3.65. The Morgan fingerprint density at radius 1 is 1.33 bits per heavy atom. The fraction of sp³-hybridized carbons (Fsp3) is 0.538. The van der Waals surface area contributed by atoms with Crippen LogP contribution in [0.15, 0.2) is 30.3 Å². The molecule has 0 aliphatic carbocycles. The van der Waals surface area contributed by atoms with E-state index in [9.17, 15) is 0 Å². The number of likely N-dealkylation sites (tertiary alicyclic amines) is 1. The number of nitrogens with zero attached hydrogens (tertiary/aromatic N) is 1. The Balaban J connectivity index is 2.08. The zero-order valence-corrected chi connectivity index (χ0v) is 9.61. The van der Waals surface area contributed by atoms with Crippen LogP contribution in [0.4, 0.5) is 0 Å². The van der Waals surface area contributed by atoms with Gasteiger partial charge in [0.1, 0.15) is 0 Å². The van der Waals surface area contributed by atoms with Crippen LogP contribution in [0.3, 0.4) is 0 Å². The molecular weight excluding hydrogens is 184 g/mol. The van der Waals surface area contributed by atoms with Gasteiger partial charge in [-0.2, -0.15) is 0 Å². The van der Waals surface area contributed by atoms with E-state index in [4.69, 9.17) is 5.73 Å². The van der Waals surface area contributed by atoms with Crippen molar-refractivity contribution in [1.29, 1.82) is 0 Å². The molecule has 0 saturated carbocycles. The average molecular weight is 204 g/mol. The Labute approximate surface area is 92.1 Å². The minimum Gasteiger partial charge on any atom is -0.326 e. The molecule has 1 aliphatic heterocycles. The maximum atomic E-state index is 6.11. The molecule has 0 bridgehead atoms. The smallest absolute Gasteiger partial charge is 0.0308 e. The van der Waals surface area contributed by atoms with Crippen LogP contribution in [0, 0.1) is 0 Å². The van der Waals surface area contributed by atoms with Crippen molar-refractivity contribution in [3.8, 4) is 0 Å². The molecule has 1 atom stereocenters. The van der Waals surface area contributed by atoms with Gasteiger partial charge in [0, 0.05) is 24.7 Å². The quantitative estimate of drug-likeness (QED) is 0.798. The van der Waals surface area contributed by atoms with Gasteiger partial charge in [-0.05, 0) is 25.8 Å². The van der Waals surface area contributed by atoms with Crippen molar-refractivity contribution in [2.45, 2.75) is 38.4 Å². The van der Waals surface area contributed by atoms with Crippen molar-refractivity contribution in [2.24, 2.45) is 5.73 Å². The molecule has 2 heteroatoms. The lowest BCUT2D eigenvalue weighted by molar-refractivity contribution is 0.154. The number of hydrogen-bond donors (Lipinski definition) is 1. The van der Waals surface area contributed by atoms with Gasteiger partial charge in [0.15, 0.2) is 0 Å². The van der Waals surface area contributed by atoms with Gasteiger partial charge in [0.25, 0.3) is 0 Å². The van der Waals surface area contributed by atoms with Gasteiger partial charge < -0.3 is 5.73 Å². The summed E-state index contributed by atoms with van der Waals surface area (Å²) in [5.41, 5.74) is 7.62. The molecule has 1 heterocycles. The predicted molar refractivity (Wildman–Crippen MR) is 63.5 cm³/mol. The maximum absolute atomic E-state index is 6.11. The van der Waals surface area contributed by atoms with E-state index in [1.54, 1.807) is 0 Å². The first-order valence-electron chi connectivity index (χ1n) is 5.65. The third kappa shape index (κ3) is 2.06. The van der Waals surface area contributed by atoms with Crippen molar-refractivity contribution >= 4 is 0 Å². The SMILES string of the molecule is CC1(C)[C@@H](N)CCN1Cc1ccccc1. The standard InChI is InChI=1S/C13H20N2/c1-13(2)12(14)8-9-15(13)10-11-6-4-3-5-7-11/h3-7,12H,8-10,14H2,1-2H3/t12-/m0/s1. The van der Waals surface area contributed by atoms with Gasteiger partial charge in [-0.1, -0.05) is 30.3 Å². The Hall–Kier alpha value is -0.860. The first-order chi connectivity index (χ1) is 7.10. The highest BCUT2D eigenvalue weighted by atomic mass is 15.2. The van der Waals surface area contributed by atoms with Crippen LogP contribution in [0.25, 0.3) is 0 Å². The van der Waals surface area contributed by atoms with Crippen LogP contribution in [0.5, 0.6) is 0 Å². The number of rotatable bonds is 2. The van der Waals surface area contributed by atoms with Gasteiger partial charge >= 0.3 is 0 Å². The molecule has 2 nitrogen and oxygen atoms in total. The molecule has 0 amide bonds. The Morgan fingerprint density at radius 3 is 2.53 bits per heavy atom. The molecule has 1 saturated heterocycles. The Kier molecular flexibility index (Phi) is 2.81. The number of hydrogen-bond acceptors (Lipinski definition) is 2. The summed E-state index contributed by atoms with van der Waals surface area (Å²) in [7, 11) is 0. The largest absolute Gasteiger partial charge is 0.326 e. The zero-order chi connectivity index (χ0) is 10.9. The second-order valence-electron chi connectivity index (χ2n) is 4.96. The first-order valence-corrected chi connectivity index (χ1v) is 5.65. The number of benzene rings is 1. The van der Waals surface area contributed by atoms with Gasteiger partial charge in [-0.25, -0.2) is 0 Å². The van der Waals surface area contributed by atoms with Crippen molar-refractivity contribution in [1.82, 2.24) is 4.90 Å². The van der Waals surface area contributed by atoms with Gasteiger partial charge in [-0.3, -0.25) is 4.90 Å². The zero-order valence-electron chi connectivity index (χ0n) is 9.61. The van der Waals surface area contributed by atoms with Gasteiger partial charge in [-0.15, -0.1) is 0 Å². The highest BCUT2D eigenvalue weighted by molar-refractivity contribution is 5.15. The van der Waals surface area contributed by atoms with E-state index in [-0.39, 0.29) is 5.54 Å². The first kappa shape index (κ1) is 10.7. The van der Waals surface area contributed by atoms with E-state index in [2.05, 4.69) is 49.1 Å². The van der Waals surface area contributed by atoms with E-state index >= 15 is 0 Å². The molecule has 0 unspecified atom stereocenters. The molecule has 1 aromatic rings. The molecule has 0 aromatic heterocycles. The summed E-state index contributed by atoms with van der Waals surface area (Å²) < 4.78 is 0. The lowest BCUT2D eigenvalue weighted by Gasteiger charge is -2.34. The minimum atomic E-state index is 0.135. The summed E-state index contributed by atoms with van der Waals surface area (Å²) in [5, 5.41) is 0. The van der Waals surface area contributed by atoms with E-state index in [1.165, 1.54) is 5.56 Å². The highest BCUT2D eigenvalue weighted by Gasteiger charge is 2.38. The molecule has 2 N–H and O–H groups in total. The van der Waals surface area contributed by atoms with E-state index in [0.717, 1.165) is 19.5 Å². The van der Waals surface area contributed by atoms with Gasteiger partial charge in [0.2, 0.25) is 0 Å². The van der Waals surface area contributed by atoms with Crippen LogP contribution in [0.2, 0.25) is 0 Å². The fourth-order valence-electron chi connectivity index (χ4n) is 2.26. The molecule has 2 rings (SSSR count). The molecule has 1 aromatic carbocycles. The third-order valence-corrected chi connectivity index (χ3v) is 3.65. The Bertz CT molecular complexity index is 319. The number of nitrogens with two attached hydrogens (primary N) is 1. The van der Waals surface area contributed by atoms with Crippen LogP contribution in [-0.4, -0.2) is 23.0 Å². The van der Waals surface area contributed by atoms with Crippen LogP contribution >= 0.6 is 0 Å². The summed E-state index contributed by atoms with van der Waals surface area (Å²) in [6.07, 6.45) is 1.11. The highest BCUT2D eigenvalue weighted by Crippen LogP contribution is 2.28. The summed E-state index contributed by atoms with van der Waals surface area (Å²) in [5.74, 6) is 0. The van der Waals surface area contributed by atoms with Crippen molar-refractivity contribution in [2.75, 3.05) is 6.54 Å². The van der Waals surface area contributed by atoms with E-state index in [1.807, 2.05) is 0 Å². The second-order valence-corrected chi connectivity index (χ2v) is 4.96. The summed E-state index contributed by atoms with van der Waals surface area (Å²) in [6.45, 7) is 6.62. The normalized spacial score (nSPS) is 25.7. The van der Waals surface area contributed by atoms with Crippen LogP contribution < -0.4 is 5.73 Å². The van der Waals surface area contributed by atoms with Crippen molar-refractivity contribution in [3.63, 3.8) is 0 Å². The van der Waals surface area contributed by atoms with Gasteiger partial charge in [0.05, 0.1) is 0 Å². The molecule has 0 radical (unpaired) electrons. The molecule has 0 spiro atoms.